The number of fused-ring (bicyclic) bond motifs is 1. The number of rotatable bonds is 0. The molecule has 10 heavy (non-hydrogen) atoms. The molecular weight excluding hydrogens is 150 g/mol. The average Bonchev–Trinajstić information content (AvgIpc) is 2.33. The van der Waals surface area contributed by atoms with Gasteiger partial charge in [-0.25, -0.2) is 9.50 Å². The zero-order chi connectivity index (χ0) is 6.97. The van der Waals surface area contributed by atoms with Crippen molar-refractivity contribution in [1.29, 1.82) is 0 Å². The lowest BCUT2D eigenvalue weighted by atomic mass is 10.5. The molecule has 0 fully saturated rings. The van der Waals surface area contributed by atoms with Gasteiger partial charge in [0.1, 0.15) is 6.33 Å². The Kier molecular flexibility index (Phi) is 1.11. The van der Waals surface area contributed by atoms with Crippen LogP contribution < -0.4 is 0 Å². The van der Waals surface area contributed by atoms with Gasteiger partial charge in [-0.15, -0.1) is 0 Å². The maximum atomic E-state index is 5.69. The molecule has 2 rings (SSSR count). The molecule has 0 amide bonds. The highest BCUT2D eigenvalue weighted by Crippen LogP contribution is 2.08. The number of hydrogen-bond donors (Lipinski definition) is 0. The fourth-order valence-corrected chi connectivity index (χ4v) is 0.944. The van der Waals surface area contributed by atoms with Crippen LogP contribution in [0.4, 0.5) is 0 Å². The molecule has 0 unspecified atom stereocenters. The summed E-state index contributed by atoms with van der Waals surface area (Å²) in [5, 5.41) is 4.59. The van der Waals surface area contributed by atoms with Crippen molar-refractivity contribution >= 4 is 17.2 Å². The van der Waals surface area contributed by atoms with E-state index in [-0.39, 0.29) is 0 Å². The molecule has 3 nitrogen and oxygen atoms in total. The molecule has 2 aromatic heterocycles. The minimum atomic E-state index is 0.681. The smallest absolute Gasteiger partial charge is 0.156 e. The van der Waals surface area contributed by atoms with Gasteiger partial charge in [0.2, 0.25) is 0 Å². The fourth-order valence-electron chi connectivity index (χ4n) is 0.790. The predicted octanol–water partition coefficient (Wildman–Crippen LogP) is 1.38. The summed E-state index contributed by atoms with van der Waals surface area (Å²) in [4.78, 5) is 3.95. The lowest BCUT2D eigenvalue weighted by Crippen LogP contribution is -1.83. The summed E-state index contributed by atoms with van der Waals surface area (Å²) < 4.78 is 1.66. The van der Waals surface area contributed by atoms with Crippen LogP contribution in [0.5, 0.6) is 0 Å². The largest absolute Gasteiger partial charge is 0.221 e. The normalized spacial score (nSPS) is 10.5. The average molecular weight is 154 g/mol. The molecule has 4 heteroatoms. The maximum Gasteiger partial charge on any atom is 0.156 e. The summed E-state index contributed by atoms with van der Waals surface area (Å²) >= 11 is 5.69. The van der Waals surface area contributed by atoms with Gasteiger partial charge in [-0.1, -0.05) is 11.6 Å². The molecule has 0 aliphatic rings. The van der Waals surface area contributed by atoms with Crippen LogP contribution in [0.1, 0.15) is 0 Å². The van der Waals surface area contributed by atoms with Gasteiger partial charge in [0.25, 0.3) is 0 Å². The Morgan fingerprint density at radius 2 is 2.40 bits per heavy atom. The standard InChI is InChI=1S/C6H4ClN3/c7-5-1-2-10-6(3-5)8-4-9-10/h1-4H. The third-order valence-electron chi connectivity index (χ3n) is 1.24. The first kappa shape index (κ1) is 5.68. The first-order valence-electron chi connectivity index (χ1n) is 2.81. The highest BCUT2D eigenvalue weighted by Gasteiger charge is 1.92. The number of halogens is 1. The first-order chi connectivity index (χ1) is 4.86. The second-order valence-electron chi connectivity index (χ2n) is 1.91. The van der Waals surface area contributed by atoms with E-state index >= 15 is 0 Å². The lowest BCUT2D eigenvalue weighted by Gasteiger charge is -1.89. The Hall–Kier alpha value is -1.09. The van der Waals surface area contributed by atoms with E-state index in [0.717, 1.165) is 5.65 Å². The molecule has 0 aromatic carbocycles. The van der Waals surface area contributed by atoms with Crippen molar-refractivity contribution in [2.45, 2.75) is 0 Å². The zero-order valence-corrected chi connectivity index (χ0v) is 5.78. The van der Waals surface area contributed by atoms with Crippen molar-refractivity contribution in [2.24, 2.45) is 0 Å². The van der Waals surface area contributed by atoms with Crippen LogP contribution in [-0.4, -0.2) is 14.6 Å². The van der Waals surface area contributed by atoms with Gasteiger partial charge in [-0.2, -0.15) is 5.10 Å². The SMILES string of the molecule is Clc1ccn2ncnc2c1. The number of pyridine rings is 1. The van der Waals surface area contributed by atoms with Crippen LogP contribution in [0.25, 0.3) is 5.65 Å². The van der Waals surface area contributed by atoms with Crippen LogP contribution in [-0.2, 0) is 0 Å². The predicted molar refractivity (Wildman–Crippen MR) is 38.0 cm³/mol. The molecule has 50 valence electrons. The number of hydrogen-bond acceptors (Lipinski definition) is 2. The molecule has 0 aliphatic heterocycles. The van der Waals surface area contributed by atoms with Gasteiger partial charge < -0.3 is 0 Å². The van der Waals surface area contributed by atoms with Crippen molar-refractivity contribution in [3.63, 3.8) is 0 Å². The van der Waals surface area contributed by atoms with Gasteiger partial charge in [0.15, 0.2) is 5.65 Å². The van der Waals surface area contributed by atoms with E-state index in [1.54, 1.807) is 22.8 Å². The molecule has 2 heterocycles. The van der Waals surface area contributed by atoms with Crippen LogP contribution in [0, 0.1) is 0 Å². The van der Waals surface area contributed by atoms with Gasteiger partial charge in [0, 0.05) is 17.3 Å². The van der Waals surface area contributed by atoms with E-state index < -0.39 is 0 Å². The van der Waals surface area contributed by atoms with E-state index in [2.05, 4.69) is 10.1 Å². The molecule has 0 radical (unpaired) electrons. The second kappa shape index (κ2) is 1.95. The number of aromatic nitrogens is 3. The molecule has 0 saturated heterocycles. The van der Waals surface area contributed by atoms with Crippen LogP contribution >= 0.6 is 11.6 Å². The lowest BCUT2D eigenvalue weighted by molar-refractivity contribution is 0.961. The van der Waals surface area contributed by atoms with Gasteiger partial charge in [-0.3, -0.25) is 0 Å². The molecule has 2 aromatic rings. The van der Waals surface area contributed by atoms with Crippen LogP contribution in [0.3, 0.4) is 0 Å². The Bertz CT molecular complexity index is 355. The third kappa shape index (κ3) is 0.752. The monoisotopic (exact) mass is 153 g/mol. The molecule has 0 saturated carbocycles. The van der Waals surface area contributed by atoms with Crippen molar-refractivity contribution in [1.82, 2.24) is 14.6 Å². The maximum absolute atomic E-state index is 5.69. The van der Waals surface area contributed by atoms with Crippen LogP contribution in [0.2, 0.25) is 5.02 Å². The van der Waals surface area contributed by atoms with E-state index in [0.29, 0.717) is 5.02 Å². The quantitative estimate of drug-likeness (QED) is 0.573. The summed E-state index contributed by atoms with van der Waals surface area (Å²) in [5.41, 5.74) is 0.771. The fraction of sp³-hybridized carbons (Fsp3) is 0. The number of nitrogens with zero attached hydrogens (tertiary/aromatic N) is 3. The summed E-state index contributed by atoms with van der Waals surface area (Å²) in [6, 6.07) is 3.53. The Morgan fingerprint density at radius 1 is 1.50 bits per heavy atom. The molecule has 0 N–H and O–H groups in total. The van der Waals surface area contributed by atoms with Crippen molar-refractivity contribution in [2.75, 3.05) is 0 Å². The molecular formula is C6H4ClN3. The summed E-state index contributed by atoms with van der Waals surface area (Å²) in [7, 11) is 0. The summed E-state index contributed by atoms with van der Waals surface area (Å²) in [6.45, 7) is 0. The molecule has 0 bridgehead atoms. The molecule has 0 aliphatic carbocycles. The zero-order valence-electron chi connectivity index (χ0n) is 5.03. The van der Waals surface area contributed by atoms with Gasteiger partial charge in [0.05, 0.1) is 0 Å². The Balaban J connectivity index is 2.86. The molecule has 0 atom stereocenters. The van der Waals surface area contributed by atoms with Gasteiger partial charge in [-0.05, 0) is 6.07 Å². The van der Waals surface area contributed by atoms with Crippen molar-refractivity contribution < 1.29 is 0 Å². The highest BCUT2D eigenvalue weighted by atomic mass is 35.5. The van der Waals surface area contributed by atoms with Crippen molar-refractivity contribution in [3.05, 3.63) is 29.7 Å². The minimum Gasteiger partial charge on any atom is -0.221 e. The topological polar surface area (TPSA) is 30.2 Å². The van der Waals surface area contributed by atoms with E-state index in [9.17, 15) is 0 Å². The minimum absolute atomic E-state index is 0.681. The second-order valence-corrected chi connectivity index (χ2v) is 2.34. The van der Waals surface area contributed by atoms with Crippen LogP contribution in [0.15, 0.2) is 24.7 Å². The van der Waals surface area contributed by atoms with Gasteiger partial charge >= 0.3 is 0 Å². The molecule has 0 spiro atoms. The Morgan fingerprint density at radius 3 is 3.30 bits per heavy atom. The highest BCUT2D eigenvalue weighted by molar-refractivity contribution is 6.30. The van der Waals surface area contributed by atoms with E-state index in [1.165, 1.54) is 6.33 Å². The summed E-state index contributed by atoms with van der Waals surface area (Å²) in [5.74, 6) is 0. The third-order valence-corrected chi connectivity index (χ3v) is 1.48. The Labute approximate surface area is 62.3 Å². The van der Waals surface area contributed by atoms with E-state index in [1.807, 2.05) is 0 Å². The summed E-state index contributed by atoms with van der Waals surface area (Å²) in [6.07, 6.45) is 3.26. The van der Waals surface area contributed by atoms with E-state index in [4.69, 9.17) is 11.6 Å². The first-order valence-corrected chi connectivity index (χ1v) is 3.19. The van der Waals surface area contributed by atoms with Crippen molar-refractivity contribution in [3.8, 4) is 0 Å².